The van der Waals surface area contributed by atoms with Crippen molar-refractivity contribution in [3.8, 4) is 0 Å². The fourth-order valence-corrected chi connectivity index (χ4v) is 22.3. The van der Waals surface area contributed by atoms with E-state index in [4.69, 9.17) is 47.9 Å². The van der Waals surface area contributed by atoms with E-state index in [-0.39, 0.29) is 117 Å². The van der Waals surface area contributed by atoms with Crippen LogP contribution >= 0.6 is 11.8 Å². The van der Waals surface area contributed by atoms with Crippen molar-refractivity contribution in [1.82, 2.24) is 26.6 Å². The number of amides is 5. The van der Waals surface area contributed by atoms with Crippen LogP contribution in [0.25, 0.3) is 0 Å². The number of fused-ring (bicyclic) bond motifs is 5. The molecule has 0 aromatic rings. The third kappa shape index (κ3) is 21.2. The van der Waals surface area contributed by atoms with Gasteiger partial charge in [0.25, 0.3) is 0 Å². The van der Waals surface area contributed by atoms with E-state index in [1.165, 1.54) is 0 Å². The second kappa shape index (κ2) is 41.3. The van der Waals surface area contributed by atoms with Gasteiger partial charge in [0.05, 0.1) is 66.6 Å². The Bertz CT molecular complexity index is 3410. The molecule has 5 amide bonds. The molecule has 7 fully saturated rings. The molecule has 6 aliphatic heterocycles. The fourth-order valence-electron chi connectivity index (χ4n) is 20.8. The number of ether oxygens (including phenoxy) is 8. The average molecular weight is 1620 g/mol. The van der Waals surface area contributed by atoms with Gasteiger partial charge < -0.3 is 100.0 Å². The average Bonchev–Trinajstić information content (AvgIpc) is 1.40. The number of nitrogens with zero attached hydrogens (tertiary/aromatic N) is 1. The summed E-state index contributed by atoms with van der Waals surface area (Å²) < 4.78 is 51.5. The number of rotatable bonds is 32. The van der Waals surface area contributed by atoms with Gasteiger partial charge in [-0.05, 0) is 129 Å². The van der Waals surface area contributed by atoms with E-state index in [9.17, 15) is 49.8 Å². The number of nitrogens with one attached hydrogen (secondary N) is 5. The number of thioether (sulfide) groups is 1. The first-order valence-corrected chi connectivity index (χ1v) is 44.2. The summed E-state index contributed by atoms with van der Waals surface area (Å²) in [4.78, 5) is 86.9. The number of aliphatic hydroxyl groups is 6. The minimum absolute atomic E-state index is 0.00711. The Kier molecular flexibility index (Phi) is 33.0. The Morgan fingerprint density at radius 2 is 1.31 bits per heavy atom. The Balaban J connectivity index is 0.753. The molecule has 10 rings (SSSR count). The maximum Gasteiger partial charge on any atom is 0.346 e. The van der Waals surface area contributed by atoms with Crippen LogP contribution in [-0.2, 0) is 66.7 Å². The predicted molar refractivity (Wildman–Crippen MR) is 430 cm³/mol. The quantitative estimate of drug-likeness (QED) is 0.00745. The molecule has 28 atom stereocenters. The van der Waals surface area contributed by atoms with Crippen LogP contribution in [0.15, 0.2) is 51.4 Å². The van der Waals surface area contributed by atoms with Crippen molar-refractivity contribution in [2.75, 3.05) is 45.7 Å². The van der Waals surface area contributed by atoms with Crippen molar-refractivity contribution in [3.05, 3.63) is 46.3 Å². The molecule has 4 aliphatic carbocycles. The number of oxime groups is 1. The summed E-state index contributed by atoms with van der Waals surface area (Å²) in [6.45, 7) is 25.1. The number of carbonyl (C=O) groups is 6. The van der Waals surface area contributed by atoms with Crippen LogP contribution in [0, 0.1) is 58.2 Å². The smallest absolute Gasteiger partial charge is 0.346 e. The maximum atomic E-state index is 16.1. The Labute approximate surface area is 679 Å². The molecular weight excluding hydrogens is 1490 g/mol. The SMILES string of the molecule is CC/C1=C\[C@H](CO)C[C@@H](C)[C@H](O[C@H]2C[C@H](O)[C@H](O[C@@H]3C[C@@H](OC)[C@H](O[C@H]4C[C@H](O)[C@H](O)[C@@H](C)O4)[C@@H](C)O3)[C@@H](C)O2)[C@H](C)CCC[C@]2(C)C=C(C)[C@H](C)C[C@]23OC(=O)/C(=C(/O)[C@@]2(CC)[C@H]4[C@H](C=C(C)[C@@H]12)[C@@H](O)C/C(=N\OCCCNC(=O)CCCCCNC(=O)CCCCCNC(=O)CCCC[C@@H]1SC[C@@H]2NC(=O)N[C@@H]21)[C@@H]4C)C3=O. The summed E-state index contributed by atoms with van der Waals surface area (Å²) in [5, 5.41) is 90.7. The number of allylic oxidation sites excluding steroid dienone is 4. The molecule has 1 spiro atoms. The largest absolute Gasteiger partial charge is 0.511 e. The van der Waals surface area contributed by atoms with E-state index in [1.807, 2.05) is 74.1 Å². The Hall–Kier alpha value is -5.08. The van der Waals surface area contributed by atoms with Gasteiger partial charge in [-0.15, -0.1) is 0 Å². The Morgan fingerprint density at radius 1 is 0.702 bits per heavy atom. The number of Topliss-reactive ketones (excluding diaryl/α,β-unsaturated/α-hetero) is 1. The lowest BCUT2D eigenvalue weighted by Gasteiger charge is -2.57. The van der Waals surface area contributed by atoms with Gasteiger partial charge in [0.2, 0.25) is 23.5 Å². The third-order valence-electron chi connectivity index (χ3n) is 27.1. The van der Waals surface area contributed by atoms with Gasteiger partial charge in [-0.3, -0.25) is 19.2 Å². The second-order valence-electron chi connectivity index (χ2n) is 35.2. The molecule has 114 heavy (non-hydrogen) atoms. The topological polar surface area (TPSA) is 379 Å². The summed E-state index contributed by atoms with van der Waals surface area (Å²) in [5.41, 5.74) is -1.10. The van der Waals surface area contributed by atoms with Crippen LogP contribution in [0.3, 0.4) is 0 Å². The number of aliphatic hydroxyl groups excluding tert-OH is 6. The maximum absolute atomic E-state index is 16.1. The first kappa shape index (κ1) is 91.2. The van der Waals surface area contributed by atoms with Crippen molar-refractivity contribution in [2.45, 2.75) is 346 Å². The number of esters is 1. The number of methoxy groups -OCH3 is 1. The Morgan fingerprint density at radius 3 is 1.93 bits per heavy atom. The molecule has 2 bridgehead atoms. The van der Waals surface area contributed by atoms with E-state index in [2.05, 4.69) is 58.7 Å². The van der Waals surface area contributed by atoms with Gasteiger partial charge in [0.1, 0.15) is 36.3 Å². The van der Waals surface area contributed by atoms with Crippen LogP contribution < -0.4 is 26.6 Å². The molecule has 0 radical (unpaired) electrons. The first-order chi connectivity index (χ1) is 54.4. The molecule has 1 saturated carbocycles. The van der Waals surface area contributed by atoms with Crippen molar-refractivity contribution in [2.24, 2.45) is 63.3 Å². The van der Waals surface area contributed by atoms with Crippen LogP contribution in [0.4, 0.5) is 4.79 Å². The van der Waals surface area contributed by atoms with Gasteiger partial charge in [-0.2, -0.15) is 11.8 Å². The van der Waals surface area contributed by atoms with E-state index in [0.29, 0.717) is 94.8 Å². The van der Waals surface area contributed by atoms with E-state index >= 15 is 9.59 Å². The van der Waals surface area contributed by atoms with Crippen molar-refractivity contribution in [1.29, 1.82) is 0 Å². The molecule has 0 aromatic heterocycles. The van der Waals surface area contributed by atoms with Gasteiger partial charge in [-0.25, -0.2) is 9.59 Å². The zero-order valence-corrected chi connectivity index (χ0v) is 70.9. The van der Waals surface area contributed by atoms with Crippen molar-refractivity contribution in [3.63, 3.8) is 0 Å². The minimum Gasteiger partial charge on any atom is -0.511 e. The molecule has 644 valence electrons. The lowest BCUT2D eigenvalue weighted by atomic mass is 9.46. The minimum atomic E-state index is -1.66. The number of urea groups is 1. The fraction of sp³-hybridized carbons (Fsp3) is 0.826. The number of unbranched alkanes of at least 4 members (excludes halogenated alkanes) is 5. The monoisotopic (exact) mass is 1620 g/mol. The molecule has 6 saturated heterocycles. The van der Waals surface area contributed by atoms with Crippen LogP contribution in [0.1, 0.15) is 237 Å². The van der Waals surface area contributed by atoms with Gasteiger partial charge in [-0.1, -0.05) is 114 Å². The van der Waals surface area contributed by atoms with Crippen molar-refractivity contribution >= 4 is 53.0 Å². The van der Waals surface area contributed by atoms with E-state index in [0.717, 1.165) is 73.8 Å². The molecular formula is C86H138N6O21S. The molecule has 27 nitrogen and oxygen atoms in total. The summed E-state index contributed by atoms with van der Waals surface area (Å²) >= 11 is 1.89. The summed E-state index contributed by atoms with van der Waals surface area (Å²) in [6, 6.07) is 0.305. The lowest BCUT2D eigenvalue weighted by molar-refractivity contribution is -0.338. The highest BCUT2D eigenvalue weighted by Gasteiger charge is 2.68. The highest BCUT2D eigenvalue weighted by Crippen LogP contribution is 2.64. The molecule has 0 aromatic carbocycles. The molecule has 11 N–H and O–H groups in total. The number of hydrogen-bond donors (Lipinski definition) is 11. The number of carbonyl (C=O) groups excluding carboxylic acids is 6. The lowest BCUT2D eigenvalue weighted by Crippen LogP contribution is -2.57. The third-order valence-corrected chi connectivity index (χ3v) is 28.6. The van der Waals surface area contributed by atoms with Gasteiger partial charge >= 0.3 is 12.0 Å². The van der Waals surface area contributed by atoms with Gasteiger partial charge in [0.15, 0.2) is 24.5 Å². The molecule has 6 heterocycles. The van der Waals surface area contributed by atoms with Crippen LogP contribution in [0.2, 0.25) is 0 Å². The summed E-state index contributed by atoms with van der Waals surface area (Å²) in [6.07, 6.45) is 8.12. The summed E-state index contributed by atoms with van der Waals surface area (Å²) in [7, 11) is 1.57. The highest BCUT2D eigenvalue weighted by atomic mass is 32.2. The normalized spacial score (nSPS) is 40.8. The molecule has 10 aliphatic rings. The first-order valence-electron chi connectivity index (χ1n) is 43.2. The molecule has 0 unspecified atom stereocenters. The zero-order chi connectivity index (χ0) is 82.5. The second-order valence-corrected chi connectivity index (χ2v) is 36.5. The van der Waals surface area contributed by atoms with E-state index < -0.39 is 144 Å². The standard InChI is InChI=1S/C86H138N6O21S/c1-14-57-38-56(45-93)36-49(5)77(110-70-41-63(96)78(54(10)108-70)111-71-42-64(105-13)79(55(11)109-71)112-69-40-62(95)76(100)53(9)107-69)47(3)26-24-31-84(12)43-50(6)51(7)44-86(84)81(102)72(82(103)113-86)80(101)85(15-2)73(57)48(4)37-58-61(94)39-59(52(8)74(58)85)92-106-35-25-34-89-67(98)29-19-17-22-32-87-66(97)28-18-16-23-33-88-68(99)30-21-20-27-65-75-60(46-114-65)90-83(104)91-75/h37-38,43,47,49,51-56,58,60-65,69-71,73-79,93-96,100-101H,14-36,39-42,44-46H2,1-13H3,(H,87,97)(H,88,99)(H,89,98)(H2,90,91,104)/b57-38+,80-72+,92-59+/t47-,49-,51-,52+,53-,54-,55-,56-,58-,60+,61+,62+,63+,64-,65+,69+,70+,71-,73+,74-,75+,76-,77-,78-,79-,84-,85-,86-/m1/s1. The van der Waals surface area contributed by atoms with Gasteiger partial charge in [0, 0.05) is 137 Å². The number of hydrogen-bond acceptors (Lipinski definition) is 23. The summed E-state index contributed by atoms with van der Waals surface area (Å²) in [5.74, 6) is -4.14. The highest BCUT2D eigenvalue weighted by molar-refractivity contribution is 8.00. The predicted octanol–water partition coefficient (Wildman–Crippen LogP) is 9.67. The van der Waals surface area contributed by atoms with Crippen LogP contribution in [-0.4, -0.2) is 227 Å². The van der Waals surface area contributed by atoms with Crippen LogP contribution in [0.5, 0.6) is 0 Å². The van der Waals surface area contributed by atoms with E-state index in [1.54, 1.807) is 14.0 Å². The van der Waals surface area contributed by atoms with Crippen molar-refractivity contribution < 1.29 is 102 Å². The number of ketones is 1. The zero-order valence-electron chi connectivity index (χ0n) is 70.0. The molecule has 28 heteroatoms.